The van der Waals surface area contributed by atoms with E-state index in [1.165, 1.54) is 30.7 Å². The first-order chi connectivity index (χ1) is 8.24. The maximum Gasteiger partial charge on any atom is 0.0931 e. The van der Waals surface area contributed by atoms with Crippen LogP contribution in [0.4, 0.5) is 0 Å². The molecule has 1 aliphatic carbocycles. The largest absolute Gasteiger partial charge is 0.329 e. The topological polar surface area (TPSA) is 29.3 Å². The molecule has 2 rings (SSSR count). The van der Waals surface area contributed by atoms with Crippen molar-refractivity contribution in [1.29, 1.82) is 0 Å². The van der Waals surface area contributed by atoms with E-state index in [0.29, 0.717) is 12.6 Å². The lowest BCUT2D eigenvalue weighted by atomic mass is 9.85. The van der Waals surface area contributed by atoms with Gasteiger partial charge in [-0.25, -0.2) is 0 Å². The Morgan fingerprint density at radius 1 is 1.53 bits per heavy atom. The third kappa shape index (κ3) is 3.22. The van der Waals surface area contributed by atoms with Gasteiger partial charge in [0.25, 0.3) is 0 Å². The third-order valence-electron chi connectivity index (χ3n) is 3.71. The smallest absolute Gasteiger partial charge is 0.0931 e. The molecule has 0 bridgehead atoms. The van der Waals surface area contributed by atoms with Gasteiger partial charge in [-0.1, -0.05) is 24.9 Å². The number of hydrogen-bond acceptors (Lipinski definition) is 3. The Morgan fingerprint density at radius 2 is 2.29 bits per heavy atom. The van der Waals surface area contributed by atoms with Gasteiger partial charge in [0, 0.05) is 18.0 Å². The van der Waals surface area contributed by atoms with Crippen LogP contribution in [-0.4, -0.2) is 24.5 Å². The maximum atomic E-state index is 6.01. The minimum Gasteiger partial charge on any atom is -0.329 e. The van der Waals surface area contributed by atoms with Crippen LogP contribution in [0.15, 0.2) is 12.1 Å². The van der Waals surface area contributed by atoms with Crippen LogP contribution in [0.3, 0.4) is 0 Å². The van der Waals surface area contributed by atoms with Gasteiger partial charge >= 0.3 is 0 Å². The fourth-order valence-corrected chi connectivity index (χ4v) is 3.65. The molecular weight excluding hydrogens is 252 g/mol. The maximum absolute atomic E-state index is 6.01. The Labute approximate surface area is 113 Å². The molecule has 1 fully saturated rings. The van der Waals surface area contributed by atoms with E-state index in [2.05, 4.69) is 17.9 Å². The molecule has 0 aromatic carbocycles. The van der Waals surface area contributed by atoms with Gasteiger partial charge in [-0.05, 0) is 37.4 Å². The van der Waals surface area contributed by atoms with E-state index in [4.69, 9.17) is 17.3 Å². The summed E-state index contributed by atoms with van der Waals surface area (Å²) in [7, 11) is 0. The van der Waals surface area contributed by atoms with Gasteiger partial charge in [0.1, 0.15) is 0 Å². The van der Waals surface area contributed by atoms with E-state index in [-0.39, 0.29) is 0 Å². The minimum absolute atomic E-state index is 0.345. The number of halogens is 1. The van der Waals surface area contributed by atoms with Crippen LogP contribution in [-0.2, 0) is 0 Å². The van der Waals surface area contributed by atoms with Crippen LogP contribution >= 0.6 is 22.9 Å². The molecule has 1 aliphatic rings. The van der Waals surface area contributed by atoms with Crippen molar-refractivity contribution in [1.82, 2.24) is 4.90 Å². The molecule has 1 saturated carbocycles. The zero-order valence-corrected chi connectivity index (χ0v) is 11.9. The van der Waals surface area contributed by atoms with Crippen molar-refractivity contribution in [3.8, 4) is 0 Å². The normalized spacial score (nSPS) is 18.4. The number of nitrogens with zero attached hydrogens (tertiary/aromatic N) is 1. The molecule has 0 spiro atoms. The molecule has 1 aromatic rings. The summed E-state index contributed by atoms with van der Waals surface area (Å²) in [5.41, 5.74) is 5.95. The SMILES string of the molecule is CCN(CC1CCC1)C(CN)c1ccc(Cl)s1. The van der Waals surface area contributed by atoms with Crippen molar-refractivity contribution >= 4 is 22.9 Å². The van der Waals surface area contributed by atoms with Gasteiger partial charge in [0.15, 0.2) is 0 Å². The molecule has 17 heavy (non-hydrogen) atoms. The number of thiophene rings is 1. The van der Waals surface area contributed by atoms with Crippen molar-refractivity contribution in [2.45, 2.75) is 32.2 Å². The first kappa shape index (κ1) is 13.3. The molecular formula is C13H21ClN2S. The summed E-state index contributed by atoms with van der Waals surface area (Å²) >= 11 is 7.67. The average Bonchev–Trinajstić information content (AvgIpc) is 2.68. The second-order valence-corrected chi connectivity index (χ2v) is 6.52. The Morgan fingerprint density at radius 3 is 2.71 bits per heavy atom. The van der Waals surface area contributed by atoms with Crippen LogP contribution < -0.4 is 5.73 Å². The van der Waals surface area contributed by atoms with Crippen LogP contribution in [0.2, 0.25) is 4.34 Å². The fraction of sp³-hybridized carbons (Fsp3) is 0.692. The average molecular weight is 273 g/mol. The summed E-state index contributed by atoms with van der Waals surface area (Å²) in [6, 6.07) is 4.44. The minimum atomic E-state index is 0.345. The molecule has 0 radical (unpaired) electrons. The number of likely N-dealkylation sites (N-methyl/N-ethyl adjacent to an activating group) is 1. The van der Waals surface area contributed by atoms with Crippen molar-refractivity contribution < 1.29 is 0 Å². The first-order valence-corrected chi connectivity index (χ1v) is 7.63. The summed E-state index contributed by atoms with van der Waals surface area (Å²) < 4.78 is 0.859. The van der Waals surface area contributed by atoms with Crippen LogP contribution in [0.5, 0.6) is 0 Å². The Bertz CT molecular complexity index is 349. The monoisotopic (exact) mass is 272 g/mol. The molecule has 0 amide bonds. The summed E-state index contributed by atoms with van der Waals surface area (Å²) in [5, 5.41) is 0. The predicted molar refractivity (Wildman–Crippen MR) is 75.7 cm³/mol. The van der Waals surface area contributed by atoms with E-state index in [9.17, 15) is 0 Å². The molecule has 96 valence electrons. The Kier molecular flexibility index (Phi) is 4.86. The summed E-state index contributed by atoms with van der Waals surface area (Å²) in [6.45, 7) is 5.15. The highest BCUT2D eigenvalue weighted by Gasteiger charge is 2.25. The van der Waals surface area contributed by atoms with E-state index >= 15 is 0 Å². The summed E-state index contributed by atoms with van der Waals surface area (Å²) in [6.07, 6.45) is 4.18. The predicted octanol–water partition coefficient (Wildman–Crippen LogP) is 3.52. The molecule has 0 aliphatic heterocycles. The fourth-order valence-electron chi connectivity index (χ4n) is 2.44. The van der Waals surface area contributed by atoms with Crippen molar-refractivity contribution in [3.63, 3.8) is 0 Å². The molecule has 1 atom stereocenters. The second kappa shape index (κ2) is 6.19. The molecule has 4 heteroatoms. The Hall–Kier alpha value is -0.0900. The lowest BCUT2D eigenvalue weighted by Gasteiger charge is -2.36. The molecule has 2 nitrogen and oxygen atoms in total. The van der Waals surface area contributed by atoms with Gasteiger partial charge in [-0.15, -0.1) is 11.3 Å². The lowest BCUT2D eigenvalue weighted by molar-refractivity contribution is 0.143. The first-order valence-electron chi connectivity index (χ1n) is 6.44. The van der Waals surface area contributed by atoms with Gasteiger partial charge < -0.3 is 5.73 Å². The third-order valence-corrected chi connectivity index (χ3v) is 5.04. The number of hydrogen-bond donors (Lipinski definition) is 1. The van der Waals surface area contributed by atoms with E-state index < -0.39 is 0 Å². The lowest BCUT2D eigenvalue weighted by Crippen LogP contribution is -2.38. The summed E-state index contributed by atoms with van der Waals surface area (Å²) in [5.74, 6) is 0.888. The quantitative estimate of drug-likeness (QED) is 0.859. The Balaban J connectivity index is 2.03. The van der Waals surface area contributed by atoms with Crippen LogP contribution in [0.1, 0.15) is 37.1 Å². The number of nitrogens with two attached hydrogens (primary N) is 1. The molecule has 1 unspecified atom stereocenters. The van der Waals surface area contributed by atoms with E-state index in [1.807, 2.05) is 6.07 Å². The highest BCUT2D eigenvalue weighted by Crippen LogP contribution is 2.33. The molecule has 2 N–H and O–H groups in total. The second-order valence-electron chi connectivity index (χ2n) is 4.78. The standard InChI is InChI=1S/C13H21ClN2S/c1-2-16(9-10-4-3-5-10)11(8-15)12-6-7-13(14)17-12/h6-7,10-11H,2-5,8-9,15H2,1H3. The van der Waals surface area contributed by atoms with Gasteiger partial charge in [-0.2, -0.15) is 0 Å². The number of rotatable bonds is 6. The van der Waals surface area contributed by atoms with Gasteiger partial charge in [0.05, 0.1) is 10.4 Å². The van der Waals surface area contributed by atoms with Crippen LogP contribution in [0.25, 0.3) is 0 Å². The zero-order chi connectivity index (χ0) is 12.3. The van der Waals surface area contributed by atoms with Crippen molar-refractivity contribution in [2.24, 2.45) is 11.7 Å². The van der Waals surface area contributed by atoms with Crippen molar-refractivity contribution in [3.05, 3.63) is 21.3 Å². The van der Waals surface area contributed by atoms with Gasteiger partial charge in [0.2, 0.25) is 0 Å². The molecule has 1 heterocycles. The molecule has 0 saturated heterocycles. The van der Waals surface area contributed by atoms with E-state index in [1.54, 1.807) is 11.3 Å². The highest BCUT2D eigenvalue weighted by molar-refractivity contribution is 7.16. The zero-order valence-electron chi connectivity index (χ0n) is 10.4. The molecule has 1 aromatic heterocycles. The van der Waals surface area contributed by atoms with Crippen molar-refractivity contribution in [2.75, 3.05) is 19.6 Å². The van der Waals surface area contributed by atoms with E-state index in [0.717, 1.165) is 16.8 Å². The van der Waals surface area contributed by atoms with Crippen LogP contribution in [0, 0.1) is 5.92 Å². The summed E-state index contributed by atoms with van der Waals surface area (Å²) in [4.78, 5) is 3.81. The van der Waals surface area contributed by atoms with Gasteiger partial charge in [-0.3, -0.25) is 4.90 Å². The highest BCUT2D eigenvalue weighted by atomic mass is 35.5.